The second kappa shape index (κ2) is 9.73. The number of rotatable bonds is 8. The van der Waals surface area contributed by atoms with Gasteiger partial charge in [-0.2, -0.15) is 0 Å². The summed E-state index contributed by atoms with van der Waals surface area (Å²) in [6.45, 7) is 1.54. The van der Waals surface area contributed by atoms with Crippen molar-refractivity contribution in [1.29, 1.82) is 0 Å². The SMILES string of the molecule is COc1ccc(C2(c3ccc(OC(=O)CCCC(C)=O)cc3)CCCCC2)cc1. The molecule has 3 rings (SSSR count). The Balaban J connectivity index is 1.75. The van der Waals surface area contributed by atoms with Crippen LogP contribution in [0, 0.1) is 0 Å². The van der Waals surface area contributed by atoms with Crippen LogP contribution in [0.1, 0.15) is 69.4 Å². The summed E-state index contributed by atoms with van der Waals surface area (Å²) in [6, 6.07) is 16.4. The minimum absolute atomic E-state index is 0.00541. The van der Waals surface area contributed by atoms with E-state index < -0.39 is 0 Å². The number of Topliss-reactive ketones (excluding diaryl/α,β-unsaturated/α-hetero) is 1. The van der Waals surface area contributed by atoms with Crippen LogP contribution in [0.4, 0.5) is 0 Å². The molecule has 0 aliphatic heterocycles. The number of ketones is 1. The van der Waals surface area contributed by atoms with Crippen LogP contribution in [0.2, 0.25) is 0 Å². The van der Waals surface area contributed by atoms with Gasteiger partial charge in [0.15, 0.2) is 0 Å². The smallest absolute Gasteiger partial charge is 0.311 e. The maximum atomic E-state index is 12.0. The van der Waals surface area contributed by atoms with Crippen LogP contribution in [0.25, 0.3) is 0 Å². The molecule has 1 aliphatic rings. The first-order valence-corrected chi connectivity index (χ1v) is 10.5. The Hall–Kier alpha value is -2.62. The zero-order valence-electron chi connectivity index (χ0n) is 17.4. The van der Waals surface area contributed by atoms with Crippen molar-refractivity contribution in [1.82, 2.24) is 0 Å². The minimum atomic E-state index is -0.290. The predicted octanol–water partition coefficient (Wildman–Crippen LogP) is 5.61. The lowest BCUT2D eigenvalue weighted by Gasteiger charge is -2.38. The summed E-state index contributed by atoms with van der Waals surface area (Å²) in [4.78, 5) is 23.0. The maximum absolute atomic E-state index is 12.0. The van der Waals surface area contributed by atoms with Gasteiger partial charge in [0.2, 0.25) is 0 Å². The Labute approximate surface area is 173 Å². The second-order valence-corrected chi connectivity index (χ2v) is 7.93. The summed E-state index contributed by atoms with van der Waals surface area (Å²) in [5.74, 6) is 1.23. The molecule has 0 amide bonds. The molecule has 0 atom stereocenters. The molecule has 0 unspecified atom stereocenters. The maximum Gasteiger partial charge on any atom is 0.311 e. The van der Waals surface area contributed by atoms with Gasteiger partial charge in [0.25, 0.3) is 0 Å². The molecule has 0 N–H and O–H groups in total. The normalized spacial score (nSPS) is 15.5. The standard InChI is InChI=1S/C25H30O4/c1-19(26)7-6-8-24(27)29-23-15-11-21(12-16-23)25(17-4-3-5-18-25)20-9-13-22(28-2)14-10-20/h9-16H,3-8,17-18H2,1-2H3. The van der Waals surface area contributed by atoms with Gasteiger partial charge in [0.1, 0.15) is 17.3 Å². The largest absolute Gasteiger partial charge is 0.497 e. The van der Waals surface area contributed by atoms with Crippen LogP contribution in [0.3, 0.4) is 0 Å². The van der Waals surface area contributed by atoms with E-state index in [-0.39, 0.29) is 23.6 Å². The fourth-order valence-electron chi connectivity index (χ4n) is 4.32. The molecule has 4 nitrogen and oxygen atoms in total. The molecule has 0 bridgehead atoms. The van der Waals surface area contributed by atoms with Gasteiger partial charge < -0.3 is 14.3 Å². The molecule has 1 fully saturated rings. The number of esters is 1. The molecule has 1 saturated carbocycles. The third-order valence-corrected chi connectivity index (χ3v) is 5.90. The van der Waals surface area contributed by atoms with Crippen LogP contribution >= 0.6 is 0 Å². The average Bonchev–Trinajstić information content (AvgIpc) is 2.74. The molecule has 2 aromatic carbocycles. The van der Waals surface area contributed by atoms with Gasteiger partial charge in [-0.25, -0.2) is 0 Å². The van der Waals surface area contributed by atoms with Crippen LogP contribution in [-0.4, -0.2) is 18.9 Å². The number of benzene rings is 2. The summed E-state index contributed by atoms with van der Waals surface area (Å²) < 4.78 is 10.8. The number of methoxy groups -OCH3 is 1. The topological polar surface area (TPSA) is 52.6 Å². The first-order valence-electron chi connectivity index (χ1n) is 10.5. The minimum Gasteiger partial charge on any atom is -0.497 e. The lowest BCUT2D eigenvalue weighted by atomic mass is 9.65. The molecule has 0 heterocycles. The van der Waals surface area contributed by atoms with Crippen molar-refractivity contribution in [2.45, 2.75) is 63.7 Å². The molecule has 0 aromatic heterocycles. The number of carbonyl (C=O) groups excluding carboxylic acids is 2. The van der Waals surface area contributed by atoms with Crippen molar-refractivity contribution in [2.75, 3.05) is 7.11 Å². The van der Waals surface area contributed by atoms with Crippen molar-refractivity contribution in [3.8, 4) is 11.5 Å². The molecular weight excluding hydrogens is 364 g/mol. The first-order chi connectivity index (χ1) is 14.0. The van der Waals surface area contributed by atoms with Crippen molar-refractivity contribution in [3.63, 3.8) is 0 Å². The Morgan fingerprint density at radius 3 is 1.90 bits per heavy atom. The highest BCUT2D eigenvalue weighted by Crippen LogP contribution is 2.45. The Morgan fingerprint density at radius 2 is 1.38 bits per heavy atom. The van der Waals surface area contributed by atoms with E-state index in [0.29, 0.717) is 18.6 Å². The second-order valence-electron chi connectivity index (χ2n) is 7.93. The fraction of sp³-hybridized carbons (Fsp3) is 0.440. The molecule has 0 radical (unpaired) electrons. The van der Waals surface area contributed by atoms with Crippen molar-refractivity contribution >= 4 is 11.8 Å². The molecule has 1 aliphatic carbocycles. The number of hydrogen-bond acceptors (Lipinski definition) is 4. The van der Waals surface area contributed by atoms with Gasteiger partial charge in [-0.1, -0.05) is 43.5 Å². The van der Waals surface area contributed by atoms with Crippen molar-refractivity contribution in [3.05, 3.63) is 59.7 Å². The highest BCUT2D eigenvalue weighted by atomic mass is 16.5. The molecule has 0 spiro atoms. The zero-order chi connectivity index (χ0) is 20.7. The van der Waals surface area contributed by atoms with Crippen LogP contribution < -0.4 is 9.47 Å². The van der Waals surface area contributed by atoms with E-state index >= 15 is 0 Å². The van der Waals surface area contributed by atoms with E-state index in [1.165, 1.54) is 37.3 Å². The van der Waals surface area contributed by atoms with Gasteiger partial charge >= 0.3 is 5.97 Å². The monoisotopic (exact) mass is 394 g/mol. The summed E-state index contributed by atoms with van der Waals surface area (Å²) in [7, 11) is 1.69. The Morgan fingerprint density at radius 1 is 0.828 bits per heavy atom. The third kappa shape index (κ3) is 5.26. The number of carbonyl (C=O) groups is 2. The van der Waals surface area contributed by atoms with Gasteiger partial charge in [0, 0.05) is 18.3 Å². The van der Waals surface area contributed by atoms with Crippen LogP contribution in [0.15, 0.2) is 48.5 Å². The lowest BCUT2D eigenvalue weighted by molar-refractivity contribution is -0.134. The fourth-order valence-corrected chi connectivity index (χ4v) is 4.32. The van der Waals surface area contributed by atoms with Crippen LogP contribution in [0.5, 0.6) is 11.5 Å². The van der Waals surface area contributed by atoms with E-state index in [0.717, 1.165) is 18.6 Å². The van der Waals surface area contributed by atoms with Crippen molar-refractivity contribution < 1.29 is 19.1 Å². The van der Waals surface area contributed by atoms with Gasteiger partial charge in [-0.15, -0.1) is 0 Å². The highest BCUT2D eigenvalue weighted by Gasteiger charge is 2.35. The number of ether oxygens (including phenoxy) is 2. The molecule has 4 heteroatoms. The van der Waals surface area contributed by atoms with E-state index in [4.69, 9.17) is 9.47 Å². The first kappa shape index (κ1) is 21.1. The van der Waals surface area contributed by atoms with E-state index in [1.807, 2.05) is 24.3 Å². The molecule has 154 valence electrons. The van der Waals surface area contributed by atoms with E-state index in [2.05, 4.69) is 24.3 Å². The Bertz CT molecular complexity index is 815. The quantitative estimate of drug-likeness (QED) is 0.431. The van der Waals surface area contributed by atoms with E-state index in [9.17, 15) is 9.59 Å². The predicted molar refractivity (Wildman–Crippen MR) is 113 cm³/mol. The lowest BCUT2D eigenvalue weighted by Crippen LogP contribution is -2.30. The summed E-state index contributed by atoms with van der Waals surface area (Å²) in [6.07, 6.45) is 7.13. The molecule has 2 aromatic rings. The average molecular weight is 395 g/mol. The van der Waals surface area contributed by atoms with E-state index in [1.54, 1.807) is 7.11 Å². The zero-order valence-corrected chi connectivity index (χ0v) is 17.4. The molecule has 29 heavy (non-hydrogen) atoms. The van der Waals surface area contributed by atoms with Gasteiger partial charge in [-0.3, -0.25) is 4.79 Å². The van der Waals surface area contributed by atoms with Crippen molar-refractivity contribution in [2.24, 2.45) is 0 Å². The van der Waals surface area contributed by atoms with Crippen LogP contribution in [-0.2, 0) is 15.0 Å². The Kier molecular flexibility index (Phi) is 7.08. The van der Waals surface area contributed by atoms with Gasteiger partial charge in [-0.05, 0) is 61.6 Å². The molecule has 0 saturated heterocycles. The summed E-state index contributed by atoms with van der Waals surface area (Å²) in [5, 5.41) is 0. The molecular formula is C25H30O4. The summed E-state index contributed by atoms with van der Waals surface area (Å²) in [5.41, 5.74) is 2.57. The summed E-state index contributed by atoms with van der Waals surface area (Å²) >= 11 is 0. The van der Waals surface area contributed by atoms with Gasteiger partial charge in [0.05, 0.1) is 7.11 Å². The number of hydrogen-bond donors (Lipinski definition) is 0. The highest BCUT2D eigenvalue weighted by molar-refractivity contribution is 5.77. The third-order valence-electron chi connectivity index (χ3n) is 5.90.